The van der Waals surface area contributed by atoms with Crippen LogP contribution >= 0.6 is 0 Å². The predicted molar refractivity (Wildman–Crippen MR) is 61.0 cm³/mol. The van der Waals surface area contributed by atoms with Gasteiger partial charge < -0.3 is 10.6 Å². The molecule has 0 aromatic rings. The molecule has 0 aromatic heterocycles. The molecular formula is C12H20N2O. The van der Waals surface area contributed by atoms with Crippen molar-refractivity contribution in [3.05, 3.63) is 0 Å². The van der Waals surface area contributed by atoms with E-state index in [0.717, 1.165) is 25.7 Å². The zero-order valence-corrected chi connectivity index (χ0v) is 9.41. The standard InChI is InChI=1S/C12H20N2O/c1-3-9-14(4-2)12(15)10-5-7-11(13)8-6-10/h1,10-11H,4-9,13H2,2H3. The molecule has 1 aliphatic rings. The van der Waals surface area contributed by atoms with Crippen LogP contribution in [0.25, 0.3) is 0 Å². The second kappa shape index (κ2) is 5.77. The first-order chi connectivity index (χ1) is 7.19. The second-order valence-electron chi connectivity index (χ2n) is 4.17. The number of nitrogens with two attached hydrogens (primary N) is 1. The van der Waals surface area contributed by atoms with Crippen molar-refractivity contribution >= 4 is 5.91 Å². The molecule has 2 N–H and O–H groups in total. The lowest BCUT2D eigenvalue weighted by Crippen LogP contribution is -2.39. The second-order valence-corrected chi connectivity index (χ2v) is 4.17. The van der Waals surface area contributed by atoms with Gasteiger partial charge in [0, 0.05) is 18.5 Å². The Morgan fingerprint density at radius 1 is 1.47 bits per heavy atom. The summed E-state index contributed by atoms with van der Waals surface area (Å²) in [4.78, 5) is 13.8. The molecule has 0 saturated heterocycles. The van der Waals surface area contributed by atoms with Gasteiger partial charge >= 0.3 is 0 Å². The van der Waals surface area contributed by atoms with E-state index in [-0.39, 0.29) is 17.9 Å². The van der Waals surface area contributed by atoms with E-state index in [1.165, 1.54) is 0 Å². The van der Waals surface area contributed by atoms with Crippen LogP contribution in [-0.4, -0.2) is 29.9 Å². The Labute approximate surface area is 92.0 Å². The Kier molecular flexibility index (Phi) is 4.64. The number of carbonyl (C=O) groups excluding carboxylic acids is 1. The summed E-state index contributed by atoms with van der Waals surface area (Å²) in [6, 6.07) is 0.289. The van der Waals surface area contributed by atoms with Gasteiger partial charge in [0.1, 0.15) is 0 Å². The van der Waals surface area contributed by atoms with E-state index >= 15 is 0 Å². The third-order valence-electron chi connectivity index (χ3n) is 3.10. The van der Waals surface area contributed by atoms with Gasteiger partial charge in [-0.2, -0.15) is 0 Å². The van der Waals surface area contributed by atoms with Crippen molar-refractivity contribution in [1.29, 1.82) is 0 Å². The maximum Gasteiger partial charge on any atom is 0.226 e. The summed E-state index contributed by atoms with van der Waals surface area (Å²) in [5.74, 6) is 2.89. The molecule has 3 heteroatoms. The van der Waals surface area contributed by atoms with Gasteiger partial charge in [0.15, 0.2) is 0 Å². The molecule has 1 amide bonds. The van der Waals surface area contributed by atoms with Gasteiger partial charge in [0.2, 0.25) is 5.91 Å². The lowest BCUT2D eigenvalue weighted by Gasteiger charge is -2.29. The number of hydrogen-bond donors (Lipinski definition) is 1. The van der Waals surface area contributed by atoms with Crippen molar-refractivity contribution in [2.75, 3.05) is 13.1 Å². The predicted octanol–water partition coefficient (Wildman–Crippen LogP) is 0.986. The van der Waals surface area contributed by atoms with Crippen molar-refractivity contribution in [3.63, 3.8) is 0 Å². The fraction of sp³-hybridized carbons (Fsp3) is 0.750. The zero-order valence-electron chi connectivity index (χ0n) is 9.41. The molecule has 1 rings (SSSR count). The first-order valence-corrected chi connectivity index (χ1v) is 5.66. The Bertz CT molecular complexity index is 249. The SMILES string of the molecule is C#CCN(CC)C(=O)C1CCC(N)CC1. The third kappa shape index (κ3) is 3.24. The summed E-state index contributed by atoms with van der Waals surface area (Å²) in [7, 11) is 0. The minimum atomic E-state index is 0.151. The molecular weight excluding hydrogens is 188 g/mol. The molecule has 0 atom stereocenters. The zero-order chi connectivity index (χ0) is 11.3. The van der Waals surface area contributed by atoms with Crippen LogP contribution in [0, 0.1) is 18.3 Å². The summed E-state index contributed by atoms with van der Waals surface area (Å²) in [6.45, 7) is 3.09. The molecule has 0 heterocycles. The van der Waals surface area contributed by atoms with Crippen LogP contribution in [0.15, 0.2) is 0 Å². The highest BCUT2D eigenvalue weighted by molar-refractivity contribution is 5.79. The van der Waals surface area contributed by atoms with Crippen molar-refractivity contribution < 1.29 is 4.79 Å². The summed E-state index contributed by atoms with van der Waals surface area (Å²) >= 11 is 0. The third-order valence-corrected chi connectivity index (χ3v) is 3.10. The molecule has 3 nitrogen and oxygen atoms in total. The van der Waals surface area contributed by atoms with E-state index in [1.54, 1.807) is 4.90 Å². The molecule has 1 fully saturated rings. The molecule has 1 aliphatic carbocycles. The van der Waals surface area contributed by atoms with E-state index < -0.39 is 0 Å². The quantitative estimate of drug-likeness (QED) is 0.703. The van der Waals surface area contributed by atoms with Gasteiger partial charge in [0.25, 0.3) is 0 Å². The first kappa shape index (κ1) is 12.1. The minimum absolute atomic E-state index is 0.151. The lowest BCUT2D eigenvalue weighted by molar-refractivity contribution is -0.135. The van der Waals surface area contributed by atoms with Crippen molar-refractivity contribution in [2.24, 2.45) is 11.7 Å². The number of carbonyl (C=O) groups is 1. The largest absolute Gasteiger partial charge is 0.332 e. The molecule has 84 valence electrons. The van der Waals surface area contributed by atoms with Crippen LogP contribution in [0.5, 0.6) is 0 Å². The van der Waals surface area contributed by atoms with E-state index in [1.807, 2.05) is 6.92 Å². The number of amides is 1. The molecule has 0 spiro atoms. The van der Waals surface area contributed by atoms with Gasteiger partial charge in [-0.05, 0) is 32.6 Å². The Hall–Kier alpha value is -1.01. The average Bonchev–Trinajstić information content (AvgIpc) is 2.26. The van der Waals surface area contributed by atoms with E-state index in [9.17, 15) is 4.79 Å². The van der Waals surface area contributed by atoms with Crippen molar-refractivity contribution in [3.8, 4) is 12.3 Å². The molecule has 0 aliphatic heterocycles. The monoisotopic (exact) mass is 208 g/mol. The normalized spacial score (nSPS) is 25.7. The van der Waals surface area contributed by atoms with Crippen LogP contribution in [0.1, 0.15) is 32.6 Å². The topological polar surface area (TPSA) is 46.3 Å². The molecule has 0 radical (unpaired) electrons. The fourth-order valence-electron chi connectivity index (χ4n) is 2.08. The molecule has 0 aromatic carbocycles. The van der Waals surface area contributed by atoms with Crippen LogP contribution in [0.3, 0.4) is 0 Å². The number of hydrogen-bond acceptors (Lipinski definition) is 2. The van der Waals surface area contributed by atoms with Crippen LogP contribution in [-0.2, 0) is 4.79 Å². The van der Waals surface area contributed by atoms with Gasteiger partial charge in [-0.25, -0.2) is 0 Å². The van der Waals surface area contributed by atoms with E-state index in [4.69, 9.17) is 12.2 Å². The van der Waals surface area contributed by atoms with Crippen molar-refractivity contribution in [1.82, 2.24) is 4.90 Å². The average molecular weight is 208 g/mol. The Balaban J connectivity index is 2.48. The first-order valence-electron chi connectivity index (χ1n) is 5.66. The molecule has 0 unspecified atom stereocenters. The molecule has 0 bridgehead atoms. The lowest BCUT2D eigenvalue weighted by atomic mass is 9.85. The highest BCUT2D eigenvalue weighted by atomic mass is 16.2. The van der Waals surface area contributed by atoms with E-state index in [2.05, 4.69) is 5.92 Å². The van der Waals surface area contributed by atoms with Gasteiger partial charge in [-0.3, -0.25) is 4.79 Å². The minimum Gasteiger partial charge on any atom is -0.332 e. The summed E-state index contributed by atoms with van der Waals surface area (Å²) < 4.78 is 0. The van der Waals surface area contributed by atoms with Crippen LogP contribution < -0.4 is 5.73 Å². The van der Waals surface area contributed by atoms with Crippen LogP contribution in [0.4, 0.5) is 0 Å². The summed E-state index contributed by atoms with van der Waals surface area (Å²) in [5.41, 5.74) is 5.81. The molecule has 1 saturated carbocycles. The summed E-state index contributed by atoms with van der Waals surface area (Å²) in [5, 5.41) is 0. The van der Waals surface area contributed by atoms with Crippen LogP contribution in [0.2, 0.25) is 0 Å². The van der Waals surface area contributed by atoms with Crippen molar-refractivity contribution in [2.45, 2.75) is 38.6 Å². The van der Waals surface area contributed by atoms with E-state index in [0.29, 0.717) is 13.1 Å². The Morgan fingerprint density at radius 3 is 2.53 bits per heavy atom. The number of terminal acetylenes is 1. The Morgan fingerprint density at radius 2 is 2.07 bits per heavy atom. The van der Waals surface area contributed by atoms with Gasteiger partial charge in [0.05, 0.1) is 6.54 Å². The molecule has 15 heavy (non-hydrogen) atoms. The highest BCUT2D eigenvalue weighted by Crippen LogP contribution is 2.24. The maximum atomic E-state index is 12.0. The summed E-state index contributed by atoms with van der Waals surface area (Å²) in [6.07, 6.45) is 8.99. The maximum absolute atomic E-state index is 12.0. The van der Waals surface area contributed by atoms with Gasteiger partial charge in [-0.1, -0.05) is 5.92 Å². The number of nitrogens with zero attached hydrogens (tertiary/aromatic N) is 1. The number of rotatable bonds is 3. The van der Waals surface area contributed by atoms with Gasteiger partial charge in [-0.15, -0.1) is 6.42 Å². The smallest absolute Gasteiger partial charge is 0.226 e. The fourth-order valence-corrected chi connectivity index (χ4v) is 2.08. The highest BCUT2D eigenvalue weighted by Gasteiger charge is 2.27.